The molecule has 1 aliphatic heterocycles. The molecular formula is C21H27N3O3. The van der Waals surface area contributed by atoms with Crippen LogP contribution in [-0.2, 0) is 11.3 Å². The first kappa shape index (κ1) is 19.2. The normalized spacial score (nSPS) is 18.7. The number of rotatable bonds is 6. The summed E-state index contributed by atoms with van der Waals surface area (Å²) >= 11 is 0. The summed E-state index contributed by atoms with van der Waals surface area (Å²) < 4.78 is 4.88. The zero-order valence-electron chi connectivity index (χ0n) is 15.9. The van der Waals surface area contributed by atoms with Crippen molar-refractivity contribution in [1.29, 1.82) is 0 Å². The van der Waals surface area contributed by atoms with Crippen LogP contribution in [0.5, 0.6) is 0 Å². The lowest BCUT2D eigenvalue weighted by Gasteiger charge is -2.30. The Morgan fingerprint density at radius 2 is 2.04 bits per heavy atom. The van der Waals surface area contributed by atoms with Crippen LogP contribution >= 0.6 is 0 Å². The number of amides is 2. The van der Waals surface area contributed by atoms with E-state index in [1.807, 2.05) is 24.3 Å². The molecule has 27 heavy (non-hydrogen) atoms. The van der Waals surface area contributed by atoms with Gasteiger partial charge in [-0.15, -0.1) is 0 Å². The van der Waals surface area contributed by atoms with Gasteiger partial charge >= 0.3 is 0 Å². The quantitative estimate of drug-likeness (QED) is 0.820. The van der Waals surface area contributed by atoms with Crippen LogP contribution in [0.4, 0.5) is 5.69 Å². The molecule has 1 aromatic carbocycles. The van der Waals surface area contributed by atoms with Crippen molar-refractivity contribution in [3.05, 3.63) is 54.0 Å². The van der Waals surface area contributed by atoms with E-state index in [1.165, 1.54) is 30.9 Å². The zero-order valence-corrected chi connectivity index (χ0v) is 15.9. The number of carbonyl (C=O) groups excluding carboxylic acids is 2. The maximum atomic E-state index is 12.3. The van der Waals surface area contributed by atoms with Crippen molar-refractivity contribution in [3.63, 3.8) is 0 Å². The maximum absolute atomic E-state index is 12.3. The average Bonchev–Trinajstić information content (AvgIpc) is 3.18. The first-order chi connectivity index (χ1) is 13.0. The summed E-state index contributed by atoms with van der Waals surface area (Å²) in [6.45, 7) is 7.19. The van der Waals surface area contributed by atoms with Crippen molar-refractivity contribution in [2.45, 2.75) is 39.3 Å². The van der Waals surface area contributed by atoms with Crippen LogP contribution in [0.3, 0.4) is 0 Å². The van der Waals surface area contributed by atoms with Gasteiger partial charge < -0.3 is 15.1 Å². The Bertz CT molecular complexity index is 755. The van der Waals surface area contributed by atoms with Crippen LogP contribution in [0, 0.1) is 5.92 Å². The SMILES string of the molecule is C[C@H]1CCCN(Cc2ccc(NC(=O)[C@H](C)NC(=O)c3ccoc3)cc2)C1. The van der Waals surface area contributed by atoms with Gasteiger partial charge in [0, 0.05) is 18.8 Å². The van der Waals surface area contributed by atoms with Crippen molar-refractivity contribution in [3.8, 4) is 0 Å². The number of anilines is 1. The predicted octanol–water partition coefficient (Wildman–Crippen LogP) is 3.27. The van der Waals surface area contributed by atoms with E-state index in [-0.39, 0.29) is 11.8 Å². The minimum atomic E-state index is -0.651. The Balaban J connectivity index is 1.49. The molecule has 0 radical (unpaired) electrons. The molecule has 0 saturated carbocycles. The smallest absolute Gasteiger partial charge is 0.255 e. The number of likely N-dealkylation sites (tertiary alicyclic amines) is 1. The molecule has 1 saturated heterocycles. The highest BCUT2D eigenvalue weighted by molar-refractivity contribution is 6.00. The standard InChI is InChI=1S/C21H27N3O3/c1-15-4-3-10-24(12-15)13-17-5-7-19(8-6-17)23-20(25)16(2)22-21(26)18-9-11-27-14-18/h5-9,11,14-16H,3-4,10,12-13H2,1-2H3,(H,22,26)(H,23,25)/t15-,16-/m0/s1. The highest BCUT2D eigenvalue weighted by atomic mass is 16.3. The van der Waals surface area contributed by atoms with Crippen molar-refractivity contribution >= 4 is 17.5 Å². The number of furan rings is 1. The second kappa shape index (κ2) is 8.86. The van der Waals surface area contributed by atoms with E-state index >= 15 is 0 Å². The molecule has 2 amide bonds. The second-order valence-electron chi connectivity index (χ2n) is 7.38. The van der Waals surface area contributed by atoms with Gasteiger partial charge in [-0.25, -0.2) is 0 Å². The van der Waals surface area contributed by atoms with Crippen LogP contribution < -0.4 is 10.6 Å². The van der Waals surface area contributed by atoms with Gasteiger partial charge in [0.25, 0.3) is 5.91 Å². The van der Waals surface area contributed by atoms with E-state index in [0.29, 0.717) is 5.56 Å². The van der Waals surface area contributed by atoms with E-state index in [4.69, 9.17) is 4.42 Å². The van der Waals surface area contributed by atoms with Crippen LogP contribution in [0.25, 0.3) is 0 Å². The van der Waals surface area contributed by atoms with E-state index in [0.717, 1.165) is 31.2 Å². The molecule has 2 aromatic rings. The lowest BCUT2D eigenvalue weighted by Crippen LogP contribution is -2.41. The monoisotopic (exact) mass is 369 g/mol. The average molecular weight is 369 g/mol. The minimum absolute atomic E-state index is 0.260. The van der Waals surface area contributed by atoms with E-state index in [9.17, 15) is 9.59 Å². The van der Waals surface area contributed by atoms with Gasteiger partial charge in [0.1, 0.15) is 12.3 Å². The maximum Gasteiger partial charge on any atom is 0.255 e. The zero-order chi connectivity index (χ0) is 19.2. The molecule has 0 aliphatic carbocycles. The molecule has 0 unspecified atom stereocenters. The molecule has 1 aliphatic rings. The van der Waals surface area contributed by atoms with E-state index in [1.54, 1.807) is 13.0 Å². The third-order valence-electron chi connectivity index (χ3n) is 4.89. The number of hydrogen-bond donors (Lipinski definition) is 2. The molecule has 0 spiro atoms. The molecule has 2 heterocycles. The molecular weight excluding hydrogens is 342 g/mol. The van der Waals surface area contributed by atoms with Crippen molar-refractivity contribution in [1.82, 2.24) is 10.2 Å². The number of piperidine rings is 1. The molecule has 0 bridgehead atoms. The molecule has 2 N–H and O–H groups in total. The fraction of sp³-hybridized carbons (Fsp3) is 0.429. The lowest BCUT2D eigenvalue weighted by atomic mass is 10.00. The molecule has 3 rings (SSSR count). The third-order valence-corrected chi connectivity index (χ3v) is 4.89. The second-order valence-corrected chi connectivity index (χ2v) is 7.38. The summed E-state index contributed by atoms with van der Waals surface area (Å²) in [5.41, 5.74) is 2.36. The first-order valence-corrected chi connectivity index (χ1v) is 9.46. The van der Waals surface area contributed by atoms with Crippen LogP contribution in [0.15, 0.2) is 47.3 Å². The fourth-order valence-corrected chi connectivity index (χ4v) is 3.37. The summed E-state index contributed by atoms with van der Waals surface area (Å²) in [7, 11) is 0. The van der Waals surface area contributed by atoms with Crippen LogP contribution in [-0.4, -0.2) is 35.8 Å². The van der Waals surface area contributed by atoms with Crippen molar-refractivity contribution < 1.29 is 14.0 Å². The van der Waals surface area contributed by atoms with Gasteiger partial charge in [0.2, 0.25) is 5.91 Å². The highest BCUT2D eigenvalue weighted by Crippen LogP contribution is 2.19. The number of carbonyl (C=O) groups is 2. The number of nitrogens with zero attached hydrogens (tertiary/aromatic N) is 1. The Kier molecular flexibility index (Phi) is 6.29. The van der Waals surface area contributed by atoms with E-state index in [2.05, 4.69) is 22.5 Å². The topological polar surface area (TPSA) is 74.6 Å². The summed E-state index contributed by atoms with van der Waals surface area (Å²) in [5.74, 6) is 0.165. The molecule has 6 nitrogen and oxygen atoms in total. The van der Waals surface area contributed by atoms with Crippen LogP contribution in [0.2, 0.25) is 0 Å². The van der Waals surface area contributed by atoms with E-state index < -0.39 is 6.04 Å². The molecule has 1 fully saturated rings. The lowest BCUT2D eigenvalue weighted by molar-refractivity contribution is -0.117. The Morgan fingerprint density at radius 1 is 1.26 bits per heavy atom. The summed E-state index contributed by atoms with van der Waals surface area (Å²) in [5, 5.41) is 5.49. The fourth-order valence-electron chi connectivity index (χ4n) is 3.37. The van der Waals surface area contributed by atoms with Gasteiger partial charge in [-0.1, -0.05) is 19.1 Å². The summed E-state index contributed by atoms with van der Waals surface area (Å²) in [4.78, 5) is 26.8. The molecule has 6 heteroatoms. The van der Waals surface area contributed by atoms with Crippen molar-refractivity contribution in [2.75, 3.05) is 18.4 Å². The van der Waals surface area contributed by atoms with Gasteiger partial charge in [-0.3, -0.25) is 14.5 Å². The summed E-state index contributed by atoms with van der Waals surface area (Å²) in [6.07, 6.45) is 5.35. The van der Waals surface area contributed by atoms with Gasteiger partial charge in [-0.05, 0) is 56.0 Å². The Hall–Kier alpha value is -2.60. The summed E-state index contributed by atoms with van der Waals surface area (Å²) in [6, 6.07) is 8.81. The number of hydrogen-bond acceptors (Lipinski definition) is 4. The Labute approximate surface area is 159 Å². The Morgan fingerprint density at radius 3 is 2.70 bits per heavy atom. The number of nitrogens with one attached hydrogen (secondary N) is 2. The molecule has 1 aromatic heterocycles. The highest BCUT2D eigenvalue weighted by Gasteiger charge is 2.18. The van der Waals surface area contributed by atoms with Gasteiger partial charge in [0.05, 0.1) is 11.8 Å². The largest absolute Gasteiger partial charge is 0.472 e. The molecule has 2 atom stereocenters. The van der Waals surface area contributed by atoms with Crippen molar-refractivity contribution in [2.24, 2.45) is 5.92 Å². The number of benzene rings is 1. The predicted molar refractivity (Wildman–Crippen MR) is 104 cm³/mol. The van der Waals surface area contributed by atoms with Gasteiger partial charge in [-0.2, -0.15) is 0 Å². The first-order valence-electron chi connectivity index (χ1n) is 9.46. The third kappa shape index (κ3) is 5.44. The van der Waals surface area contributed by atoms with Gasteiger partial charge in [0.15, 0.2) is 0 Å². The molecule has 144 valence electrons. The van der Waals surface area contributed by atoms with Crippen LogP contribution in [0.1, 0.15) is 42.6 Å². The minimum Gasteiger partial charge on any atom is -0.472 e.